The molecule has 0 N–H and O–H groups in total. The molecule has 8 heteroatoms. The summed E-state index contributed by atoms with van der Waals surface area (Å²) >= 11 is 12.3. The highest BCUT2D eigenvalue weighted by Gasteiger charge is 2.44. The Morgan fingerprint density at radius 1 is 1.03 bits per heavy atom. The van der Waals surface area contributed by atoms with Crippen LogP contribution in [-0.4, -0.2) is 11.1 Å². The maximum atomic E-state index is 13.5. The summed E-state index contributed by atoms with van der Waals surface area (Å²) in [5.74, 6) is 0.344. The smallest absolute Gasteiger partial charge is 0.296 e. The van der Waals surface area contributed by atoms with E-state index in [9.17, 15) is 9.59 Å². The number of anilines is 1. The Labute approximate surface area is 180 Å². The maximum absolute atomic E-state index is 13.5. The third kappa shape index (κ3) is 2.75. The summed E-state index contributed by atoms with van der Waals surface area (Å²) in [6, 6.07) is 11.1. The van der Waals surface area contributed by atoms with Gasteiger partial charge >= 0.3 is 0 Å². The molecule has 2 aromatic heterocycles. The molecule has 2 aromatic carbocycles. The Morgan fingerprint density at radius 3 is 2.43 bits per heavy atom. The van der Waals surface area contributed by atoms with Crippen molar-refractivity contribution in [3.63, 3.8) is 0 Å². The number of rotatable bonds is 2. The average Bonchev–Trinajstić information content (AvgIpc) is 3.26. The summed E-state index contributed by atoms with van der Waals surface area (Å²) in [4.78, 5) is 28.3. The van der Waals surface area contributed by atoms with Crippen LogP contribution in [0.4, 0.5) is 5.82 Å². The lowest BCUT2D eigenvalue weighted by atomic mass is 9.98. The first kappa shape index (κ1) is 18.9. The van der Waals surface area contributed by atoms with Crippen molar-refractivity contribution in [2.45, 2.75) is 19.9 Å². The first-order valence-electron chi connectivity index (χ1n) is 9.14. The van der Waals surface area contributed by atoms with Gasteiger partial charge in [-0.2, -0.15) is 0 Å². The quantitative estimate of drug-likeness (QED) is 0.413. The van der Waals surface area contributed by atoms with Crippen LogP contribution in [0.1, 0.15) is 39.0 Å². The molecule has 1 atom stereocenters. The van der Waals surface area contributed by atoms with Gasteiger partial charge in [0.05, 0.1) is 17.0 Å². The predicted octanol–water partition coefficient (Wildman–Crippen LogP) is 5.45. The maximum Gasteiger partial charge on any atom is 0.296 e. The molecule has 0 fully saturated rings. The fraction of sp³-hybridized carbons (Fsp3) is 0.136. The normalized spacial score (nSPS) is 15.8. The van der Waals surface area contributed by atoms with Gasteiger partial charge in [0.2, 0.25) is 5.76 Å². The van der Waals surface area contributed by atoms with Crippen molar-refractivity contribution in [2.24, 2.45) is 0 Å². The molecule has 0 radical (unpaired) electrons. The highest BCUT2D eigenvalue weighted by molar-refractivity contribution is 6.32. The molecular weight excluding hydrogens is 427 g/mol. The zero-order valence-electron chi connectivity index (χ0n) is 15.9. The lowest BCUT2D eigenvalue weighted by Crippen LogP contribution is -2.29. The zero-order valence-corrected chi connectivity index (χ0v) is 17.4. The van der Waals surface area contributed by atoms with Crippen molar-refractivity contribution >= 4 is 45.9 Å². The molecule has 0 saturated carbocycles. The Morgan fingerprint density at radius 2 is 1.77 bits per heavy atom. The van der Waals surface area contributed by atoms with Crippen LogP contribution in [0.5, 0.6) is 0 Å². The van der Waals surface area contributed by atoms with E-state index in [-0.39, 0.29) is 16.8 Å². The molecule has 0 bridgehead atoms. The number of aryl methyl sites for hydroxylation is 2. The summed E-state index contributed by atoms with van der Waals surface area (Å²) in [5.41, 5.74) is 1.66. The van der Waals surface area contributed by atoms with Crippen molar-refractivity contribution in [1.29, 1.82) is 0 Å². The van der Waals surface area contributed by atoms with E-state index < -0.39 is 11.9 Å². The number of halogens is 2. The second kappa shape index (κ2) is 6.72. The first-order chi connectivity index (χ1) is 14.3. The van der Waals surface area contributed by atoms with Crippen LogP contribution in [0, 0.1) is 13.8 Å². The van der Waals surface area contributed by atoms with E-state index in [4.69, 9.17) is 32.1 Å². The number of nitrogens with zero attached hydrogens (tertiary/aromatic N) is 2. The van der Waals surface area contributed by atoms with Gasteiger partial charge in [0.1, 0.15) is 11.3 Å². The van der Waals surface area contributed by atoms with E-state index in [0.29, 0.717) is 38.2 Å². The number of hydrogen-bond donors (Lipinski definition) is 0. The third-order valence-corrected chi connectivity index (χ3v) is 5.86. The Hall–Kier alpha value is -3.09. The molecule has 150 valence electrons. The van der Waals surface area contributed by atoms with E-state index in [0.717, 1.165) is 5.56 Å². The van der Waals surface area contributed by atoms with Gasteiger partial charge < -0.3 is 8.94 Å². The van der Waals surface area contributed by atoms with E-state index in [1.807, 2.05) is 0 Å². The molecule has 4 aromatic rings. The molecule has 0 spiro atoms. The monoisotopic (exact) mass is 440 g/mol. The van der Waals surface area contributed by atoms with Crippen LogP contribution in [-0.2, 0) is 0 Å². The molecule has 1 aliphatic rings. The van der Waals surface area contributed by atoms with Crippen molar-refractivity contribution in [2.75, 3.05) is 4.90 Å². The highest BCUT2D eigenvalue weighted by Crippen LogP contribution is 2.41. The fourth-order valence-corrected chi connectivity index (χ4v) is 4.05. The Bertz CT molecular complexity index is 1390. The molecule has 5 rings (SSSR count). The summed E-state index contributed by atoms with van der Waals surface area (Å²) in [7, 11) is 0. The first-order valence-corrected chi connectivity index (χ1v) is 9.90. The molecule has 1 aliphatic heterocycles. The van der Waals surface area contributed by atoms with Gasteiger partial charge in [0.25, 0.3) is 5.91 Å². The average molecular weight is 441 g/mol. The number of carbonyl (C=O) groups excluding carboxylic acids is 1. The number of aromatic nitrogens is 1. The van der Waals surface area contributed by atoms with Crippen LogP contribution >= 0.6 is 23.2 Å². The van der Waals surface area contributed by atoms with Gasteiger partial charge in [-0.15, -0.1) is 0 Å². The minimum atomic E-state index is -0.741. The molecule has 6 nitrogen and oxygen atoms in total. The summed E-state index contributed by atoms with van der Waals surface area (Å²) < 4.78 is 11.1. The van der Waals surface area contributed by atoms with Crippen LogP contribution < -0.4 is 10.3 Å². The molecule has 3 heterocycles. The van der Waals surface area contributed by atoms with Gasteiger partial charge in [-0.1, -0.05) is 40.5 Å². The predicted molar refractivity (Wildman–Crippen MR) is 114 cm³/mol. The topological polar surface area (TPSA) is 76.6 Å². The van der Waals surface area contributed by atoms with Gasteiger partial charge in [-0.05, 0) is 49.2 Å². The van der Waals surface area contributed by atoms with Crippen molar-refractivity contribution < 1.29 is 13.7 Å². The molecule has 1 amide bonds. The lowest BCUT2D eigenvalue weighted by Gasteiger charge is -2.22. The van der Waals surface area contributed by atoms with Crippen LogP contribution in [0.25, 0.3) is 11.0 Å². The molecule has 30 heavy (non-hydrogen) atoms. The summed E-state index contributed by atoms with van der Waals surface area (Å²) in [6.45, 7) is 3.53. The van der Waals surface area contributed by atoms with Crippen molar-refractivity contribution in [3.05, 3.63) is 90.9 Å². The van der Waals surface area contributed by atoms with E-state index in [2.05, 4.69) is 5.16 Å². The fourth-order valence-electron chi connectivity index (χ4n) is 3.76. The van der Waals surface area contributed by atoms with Crippen molar-refractivity contribution in [1.82, 2.24) is 5.16 Å². The van der Waals surface area contributed by atoms with E-state index in [1.165, 1.54) is 4.90 Å². The number of carbonyl (C=O) groups is 1. The lowest BCUT2D eigenvalue weighted by molar-refractivity contribution is 0.0969. The highest BCUT2D eigenvalue weighted by atomic mass is 35.5. The minimum absolute atomic E-state index is 0.0187. The van der Waals surface area contributed by atoms with Gasteiger partial charge in [0, 0.05) is 16.1 Å². The van der Waals surface area contributed by atoms with Crippen LogP contribution in [0.2, 0.25) is 10.0 Å². The summed E-state index contributed by atoms with van der Waals surface area (Å²) in [6.07, 6.45) is 0. The number of amides is 1. The Balaban J connectivity index is 1.83. The zero-order chi connectivity index (χ0) is 21.2. The minimum Gasteiger partial charge on any atom is -0.450 e. The largest absolute Gasteiger partial charge is 0.450 e. The van der Waals surface area contributed by atoms with E-state index in [1.54, 1.807) is 56.3 Å². The van der Waals surface area contributed by atoms with Gasteiger partial charge in [0.15, 0.2) is 11.2 Å². The third-order valence-electron chi connectivity index (χ3n) is 5.20. The van der Waals surface area contributed by atoms with E-state index >= 15 is 0 Å². The second-order valence-corrected chi connectivity index (χ2v) is 8.04. The number of fused-ring (bicyclic) bond motifs is 2. The number of benzene rings is 2. The second-order valence-electron chi connectivity index (χ2n) is 7.20. The molecule has 0 saturated heterocycles. The summed E-state index contributed by atoms with van der Waals surface area (Å²) in [5, 5.41) is 5.30. The molecule has 0 aliphatic carbocycles. The van der Waals surface area contributed by atoms with Gasteiger partial charge in [-0.3, -0.25) is 14.5 Å². The SMILES string of the molecule is Cc1cc(N2C(=O)c3oc4cc(C)c(Cl)cc4c(=O)c3[C@@H]2c2ccc(Cl)cc2)no1. The molecule has 0 unspecified atom stereocenters. The standard InChI is InChI=1S/C22H14Cl2N2O4/c1-10-7-16-14(9-15(10)24)20(27)18-19(12-3-5-13(23)6-4-12)26(22(28)21(18)29-16)17-8-11(2)30-25-17/h3-9,19H,1-2H3/t19-/m0/s1. The van der Waals surface area contributed by atoms with Crippen LogP contribution in [0.3, 0.4) is 0 Å². The molecular formula is C22H14Cl2N2O4. The van der Waals surface area contributed by atoms with Crippen molar-refractivity contribution in [3.8, 4) is 0 Å². The Kier molecular flexibility index (Phi) is 4.24. The number of hydrogen-bond acceptors (Lipinski definition) is 5. The van der Waals surface area contributed by atoms with Gasteiger partial charge in [-0.25, -0.2) is 0 Å². The van der Waals surface area contributed by atoms with Crippen LogP contribution in [0.15, 0.2) is 56.2 Å².